The molecular weight excluding hydrogens is 244 g/mol. The van der Waals surface area contributed by atoms with Gasteiger partial charge in [-0.25, -0.2) is 4.79 Å². The van der Waals surface area contributed by atoms with E-state index in [2.05, 4.69) is 0 Å². The summed E-state index contributed by atoms with van der Waals surface area (Å²) in [7, 11) is 3.47. The minimum absolute atomic E-state index is 0.00355. The molecule has 0 aromatic heterocycles. The average molecular weight is 270 g/mol. The molecule has 19 heavy (non-hydrogen) atoms. The summed E-state index contributed by atoms with van der Waals surface area (Å²) in [4.78, 5) is 29.2. The van der Waals surface area contributed by atoms with E-state index in [0.29, 0.717) is 32.6 Å². The maximum Gasteiger partial charge on any atom is 0.319 e. The highest BCUT2D eigenvalue weighted by Gasteiger charge is 2.34. The SMILES string of the molecule is CCCC(C)(N)C(=O)N1CCN(C(=O)N(C)C)CC1. The Hall–Kier alpha value is -1.30. The lowest BCUT2D eigenvalue weighted by atomic mass is 9.95. The van der Waals surface area contributed by atoms with Crippen LogP contribution in [0, 0.1) is 0 Å². The zero-order chi connectivity index (χ0) is 14.6. The van der Waals surface area contributed by atoms with Crippen LogP contribution in [0.3, 0.4) is 0 Å². The Morgan fingerprint density at radius 1 is 1.16 bits per heavy atom. The molecule has 0 spiro atoms. The first-order valence-corrected chi connectivity index (χ1v) is 6.84. The molecule has 1 atom stereocenters. The Morgan fingerprint density at radius 3 is 2.05 bits per heavy atom. The summed E-state index contributed by atoms with van der Waals surface area (Å²) < 4.78 is 0. The number of carbonyl (C=O) groups is 2. The molecule has 1 aliphatic heterocycles. The van der Waals surface area contributed by atoms with Gasteiger partial charge in [0.25, 0.3) is 0 Å². The Morgan fingerprint density at radius 2 is 1.63 bits per heavy atom. The molecule has 110 valence electrons. The molecule has 0 radical (unpaired) electrons. The van der Waals surface area contributed by atoms with E-state index in [-0.39, 0.29) is 11.9 Å². The molecule has 2 N–H and O–H groups in total. The Kier molecular flexibility index (Phi) is 5.17. The van der Waals surface area contributed by atoms with Crippen LogP contribution in [0.1, 0.15) is 26.7 Å². The third kappa shape index (κ3) is 3.83. The Labute approximate surface area is 115 Å². The quantitative estimate of drug-likeness (QED) is 0.803. The summed E-state index contributed by atoms with van der Waals surface area (Å²) in [5, 5.41) is 0. The smallest absolute Gasteiger partial charge is 0.319 e. The van der Waals surface area contributed by atoms with Crippen LogP contribution in [0.15, 0.2) is 0 Å². The summed E-state index contributed by atoms with van der Waals surface area (Å²) in [6.07, 6.45) is 1.57. The van der Waals surface area contributed by atoms with Gasteiger partial charge in [0, 0.05) is 40.3 Å². The van der Waals surface area contributed by atoms with E-state index in [0.717, 1.165) is 6.42 Å². The van der Waals surface area contributed by atoms with Crippen molar-refractivity contribution in [3.8, 4) is 0 Å². The molecule has 3 amide bonds. The van der Waals surface area contributed by atoms with Gasteiger partial charge in [-0.05, 0) is 13.3 Å². The second kappa shape index (κ2) is 6.23. The number of amides is 3. The number of nitrogens with two attached hydrogens (primary N) is 1. The minimum Gasteiger partial charge on any atom is -0.338 e. The van der Waals surface area contributed by atoms with Gasteiger partial charge in [0.1, 0.15) is 0 Å². The fourth-order valence-corrected chi connectivity index (χ4v) is 2.37. The maximum atomic E-state index is 12.3. The average Bonchev–Trinajstić information content (AvgIpc) is 2.37. The number of piperazine rings is 1. The molecule has 1 heterocycles. The van der Waals surface area contributed by atoms with Gasteiger partial charge in [0.2, 0.25) is 5.91 Å². The van der Waals surface area contributed by atoms with Crippen LogP contribution in [0.25, 0.3) is 0 Å². The van der Waals surface area contributed by atoms with Crippen LogP contribution in [0.2, 0.25) is 0 Å². The Bertz CT molecular complexity index is 334. The third-order valence-corrected chi connectivity index (χ3v) is 3.48. The van der Waals surface area contributed by atoms with Crippen molar-refractivity contribution in [2.45, 2.75) is 32.2 Å². The van der Waals surface area contributed by atoms with Crippen LogP contribution in [0.4, 0.5) is 4.79 Å². The van der Waals surface area contributed by atoms with E-state index >= 15 is 0 Å². The van der Waals surface area contributed by atoms with E-state index in [9.17, 15) is 9.59 Å². The highest BCUT2D eigenvalue weighted by Crippen LogP contribution is 2.15. The van der Waals surface area contributed by atoms with Gasteiger partial charge in [-0.1, -0.05) is 13.3 Å². The number of rotatable bonds is 3. The van der Waals surface area contributed by atoms with Gasteiger partial charge in [0.05, 0.1) is 5.54 Å². The molecule has 1 unspecified atom stereocenters. The highest BCUT2D eigenvalue weighted by molar-refractivity contribution is 5.86. The van der Waals surface area contributed by atoms with Crippen LogP contribution in [-0.4, -0.2) is 72.5 Å². The summed E-state index contributed by atoms with van der Waals surface area (Å²) >= 11 is 0. The van der Waals surface area contributed by atoms with E-state index in [1.165, 1.54) is 0 Å². The molecule has 0 saturated carbocycles. The number of urea groups is 1. The van der Waals surface area contributed by atoms with Crippen molar-refractivity contribution in [1.29, 1.82) is 0 Å². The van der Waals surface area contributed by atoms with Gasteiger partial charge in [-0.2, -0.15) is 0 Å². The first-order valence-electron chi connectivity index (χ1n) is 6.84. The minimum atomic E-state index is -0.789. The van der Waals surface area contributed by atoms with Gasteiger partial charge in [-0.15, -0.1) is 0 Å². The molecule has 0 aromatic rings. The standard InChI is InChI=1S/C13H26N4O2/c1-5-6-13(2,14)11(18)16-7-9-17(10-8-16)12(19)15(3)4/h5-10,14H2,1-4H3. The Balaban J connectivity index is 2.54. The van der Waals surface area contributed by atoms with E-state index in [1.54, 1.807) is 35.7 Å². The molecule has 1 saturated heterocycles. The highest BCUT2D eigenvalue weighted by atomic mass is 16.2. The largest absolute Gasteiger partial charge is 0.338 e. The van der Waals surface area contributed by atoms with Crippen molar-refractivity contribution in [3.63, 3.8) is 0 Å². The van der Waals surface area contributed by atoms with Crippen LogP contribution >= 0.6 is 0 Å². The van der Waals surface area contributed by atoms with Crippen LogP contribution in [0.5, 0.6) is 0 Å². The fraction of sp³-hybridized carbons (Fsp3) is 0.846. The number of carbonyl (C=O) groups excluding carboxylic acids is 2. The fourth-order valence-electron chi connectivity index (χ4n) is 2.37. The van der Waals surface area contributed by atoms with Crippen molar-refractivity contribution in [1.82, 2.24) is 14.7 Å². The summed E-state index contributed by atoms with van der Waals surface area (Å²) in [5.41, 5.74) is 5.28. The van der Waals surface area contributed by atoms with Crippen molar-refractivity contribution < 1.29 is 9.59 Å². The second-order valence-corrected chi connectivity index (χ2v) is 5.62. The number of hydrogen-bond acceptors (Lipinski definition) is 3. The third-order valence-electron chi connectivity index (χ3n) is 3.48. The van der Waals surface area contributed by atoms with Gasteiger partial charge in [0.15, 0.2) is 0 Å². The van der Waals surface area contributed by atoms with Crippen molar-refractivity contribution in [2.24, 2.45) is 5.73 Å². The predicted molar refractivity (Wildman–Crippen MR) is 74.7 cm³/mol. The summed E-state index contributed by atoms with van der Waals surface area (Å²) in [6, 6.07) is -0.00355. The van der Waals surface area contributed by atoms with Crippen molar-refractivity contribution >= 4 is 11.9 Å². The number of nitrogens with zero attached hydrogens (tertiary/aromatic N) is 3. The zero-order valence-electron chi connectivity index (χ0n) is 12.5. The van der Waals surface area contributed by atoms with Crippen molar-refractivity contribution in [2.75, 3.05) is 40.3 Å². The lowest BCUT2D eigenvalue weighted by Gasteiger charge is -2.39. The molecule has 1 rings (SSSR count). The van der Waals surface area contributed by atoms with E-state index in [4.69, 9.17) is 5.73 Å². The monoisotopic (exact) mass is 270 g/mol. The first kappa shape index (κ1) is 15.8. The lowest BCUT2D eigenvalue weighted by Crippen LogP contribution is -2.59. The van der Waals surface area contributed by atoms with E-state index < -0.39 is 5.54 Å². The van der Waals surface area contributed by atoms with Gasteiger partial charge < -0.3 is 20.4 Å². The summed E-state index contributed by atoms with van der Waals surface area (Å²) in [5.74, 6) is -0.00805. The molecular formula is C13H26N4O2. The van der Waals surface area contributed by atoms with Crippen LogP contribution in [-0.2, 0) is 4.79 Å². The molecule has 0 aromatic carbocycles. The molecule has 1 fully saturated rings. The zero-order valence-corrected chi connectivity index (χ0v) is 12.5. The van der Waals surface area contributed by atoms with Crippen LogP contribution < -0.4 is 5.73 Å². The predicted octanol–water partition coefficient (Wildman–Crippen LogP) is 0.330. The maximum absolute atomic E-state index is 12.3. The molecule has 1 aliphatic rings. The van der Waals surface area contributed by atoms with Gasteiger partial charge >= 0.3 is 6.03 Å². The number of hydrogen-bond donors (Lipinski definition) is 1. The summed E-state index contributed by atoms with van der Waals surface area (Å²) in [6.45, 7) is 6.09. The second-order valence-electron chi connectivity index (χ2n) is 5.62. The van der Waals surface area contributed by atoms with E-state index in [1.807, 2.05) is 6.92 Å². The normalized spacial score (nSPS) is 19.0. The van der Waals surface area contributed by atoms with Crippen molar-refractivity contribution in [3.05, 3.63) is 0 Å². The molecule has 0 aliphatic carbocycles. The lowest BCUT2D eigenvalue weighted by molar-refractivity contribution is -0.138. The molecule has 6 nitrogen and oxygen atoms in total. The molecule has 0 bridgehead atoms. The first-order chi connectivity index (χ1) is 8.79. The topological polar surface area (TPSA) is 69.9 Å². The molecule has 6 heteroatoms. The van der Waals surface area contributed by atoms with Gasteiger partial charge in [-0.3, -0.25) is 4.79 Å².